The summed E-state index contributed by atoms with van der Waals surface area (Å²) in [6, 6.07) is 3.73. The molecule has 0 aromatic carbocycles. The van der Waals surface area contributed by atoms with Crippen LogP contribution in [0.3, 0.4) is 0 Å². The average molecular weight is 246 g/mol. The number of hydrogen-bond acceptors (Lipinski definition) is 3. The van der Waals surface area contributed by atoms with Gasteiger partial charge in [-0.25, -0.2) is 14.5 Å². The van der Waals surface area contributed by atoms with Gasteiger partial charge in [0.25, 0.3) is 0 Å². The van der Waals surface area contributed by atoms with E-state index in [9.17, 15) is 0 Å². The molecule has 0 unspecified atom stereocenters. The van der Waals surface area contributed by atoms with Gasteiger partial charge in [0.05, 0.1) is 18.4 Å². The van der Waals surface area contributed by atoms with Crippen molar-refractivity contribution >= 4 is 11.6 Å². The molecule has 2 rings (SSSR count). The van der Waals surface area contributed by atoms with Crippen LogP contribution in [0.5, 0.6) is 0 Å². The first-order valence-corrected chi connectivity index (χ1v) is 5.81. The molecular weight excluding hydrogens is 228 g/mol. The molecule has 0 aliphatic carbocycles. The Labute approximate surface area is 106 Å². The largest absolute Gasteiger partial charge is 0.370 e. The second kappa shape index (κ2) is 4.64. The quantitative estimate of drug-likeness (QED) is 0.610. The van der Waals surface area contributed by atoms with Crippen LogP contribution >= 0.6 is 0 Å². The molecule has 2 heterocycles. The third kappa shape index (κ3) is 2.97. The summed E-state index contributed by atoms with van der Waals surface area (Å²) in [4.78, 5) is 8.50. The normalized spacial score (nSPS) is 12.9. The van der Waals surface area contributed by atoms with Crippen molar-refractivity contribution in [3.05, 3.63) is 30.2 Å². The summed E-state index contributed by atoms with van der Waals surface area (Å²) in [5.41, 5.74) is 7.49. The second-order valence-corrected chi connectivity index (χ2v) is 5.11. The maximum Gasteiger partial charge on any atom is 0.189 e. The average Bonchev–Trinajstić information content (AvgIpc) is 2.72. The van der Waals surface area contributed by atoms with Gasteiger partial charge in [-0.05, 0) is 26.8 Å². The fourth-order valence-electron chi connectivity index (χ4n) is 1.60. The first kappa shape index (κ1) is 12.3. The number of nitrogens with two attached hydrogens (primary N) is 1. The Balaban J connectivity index is 2.15. The molecule has 0 saturated carbocycles. The highest BCUT2D eigenvalue weighted by molar-refractivity contribution is 5.78. The molecular formula is C12H18N6. The molecule has 6 nitrogen and oxygen atoms in total. The highest BCUT2D eigenvalue weighted by atomic mass is 15.3. The van der Waals surface area contributed by atoms with Gasteiger partial charge in [-0.3, -0.25) is 0 Å². The van der Waals surface area contributed by atoms with E-state index in [1.165, 1.54) is 0 Å². The molecule has 2 aromatic rings. The number of aliphatic imine (C=N–C) groups is 1. The van der Waals surface area contributed by atoms with Gasteiger partial charge in [0, 0.05) is 17.8 Å². The summed E-state index contributed by atoms with van der Waals surface area (Å²) >= 11 is 0. The van der Waals surface area contributed by atoms with E-state index in [4.69, 9.17) is 5.73 Å². The summed E-state index contributed by atoms with van der Waals surface area (Å²) in [6.07, 6.45) is 3.46. The minimum absolute atomic E-state index is 0.0904. The van der Waals surface area contributed by atoms with Gasteiger partial charge in [0.1, 0.15) is 0 Å². The molecule has 0 aliphatic rings. The standard InChI is InChI=1S/C12H18N6/c1-12(2,3)17-11(13)15-8-9-4-6-14-10-5-7-16-18(9)10/h4-7H,8H2,1-3H3,(H3,13,15,17). The Bertz CT molecular complexity index is 563. The van der Waals surface area contributed by atoms with E-state index in [-0.39, 0.29) is 5.54 Å². The summed E-state index contributed by atoms with van der Waals surface area (Å²) in [5, 5.41) is 7.31. The summed E-state index contributed by atoms with van der Waals surface area (Å²) in [6.45, 7) is 6.57. The highest BCUT2D eigenvalue weighted by Gasteiger charge is 2.09. The van der Waals surface area contributed by atoms with Gasteiger partial charge in [0.2, 0.25) is 0 Å². The minimum Gasteiger partial charge on any atom is -0.370 e. The Morgan fingerprint density at radius 2 is 2.17 bits per heavy atom. The molecule has 0 spiro atoms. The van der Waals surface area contributed by atoms with Gasteiger partial charge in [0.15, 0.2) is 11.6 Å². The fourth-order valence-corrected chi connectivity index (χ4v) is 1.60. The zero-order chi connectivity index (χ0) is 13.2. The van der Waals surface area contributed by atoms with Crippen LogP contribution in [0.4, 0.5) is 0 Å². The summed E-state index contributed by atoms with van der Waals surface area (Å²) in [7, 11) is 0. The smallest absolute Gasteiger partial charge is 0.189 e. The van der Waals surface area contributed by atoms with Gasteiger partial charge >= 0.3 is 0 Å². The molecule has 0 aliphatic heterocycles. The van der Waals surface area contributed by atoms with Crippen molar-refractivity contribution in [1.82, 2.24) is 19.9 Å². The van der Waals surface area contributed by atoms with Crippen LogP contribution in [0.15, 0.2) is 29.5 Å². The Hall–Kier alpha value is -2.11. The molecule has 3 N–H and O–H groups in total. The van der Waals surface area contributed by atoms with Crippen LogP contribution in [0.1, 0.15) is 26.5 Å². The highest BCUT2D eigenvalue weighted by Crippen LogP contribution is 2.04. The fraction of sp³-hybridized carbons (Fsp3) is 0.417. The molecule has 0 saturated heterocycles. The van der Waals surface area contributed by atoms with Gasteiger partial charge < -0.3 is 11.1 Å². The lowest BCUT2D eigenvalue weighted by Gasteiger charge is -2.20. The zero-order valence-electron chi connectivity index (χ0n) is 10.9. The lowest BCUT2D eigenvalue weighted by molar-refractivity contribution is 0.508. The molecule has 0 atom stereocenters. The van der Waals surface area contributed by atoms with Crippen LogP contribution in [-0.2, 0) is 6.54 Å². The van der Waals surface area contributed by atoms with Crippen LogP contribution < -0.4 is 11.1 Å². The lowest BCUT2D eigenvalue weighted by Crippen LogP contribution is -2.45. The maximum atomic E-state index is 5.82. The van der Waals surface area contributed by atoms with Crippen LogP contribution in [0.2, 0.25) is 0 Å². The van der Waals surface area contributed by atoms with Crippen LogP contribution in [0.25, 0.3) is 5.65 Å². The van der Waals surface area contributed by atoms with E-state index in [1.807, 2.05) is 32.9 Å². The molecule has 6 heteroatoms. The van der Waals surface area contributed by atoms with Crippen molar-refractivity contribution in [2.75, 3.05) is 0 Å². The molecule has 0 fully saturated rings. The number of aromatic nitrogens is 3. The third-order valence-electron chi connectivity index (χ3n) is 2.28. The van der Waals surface area contributed by atoms with Gasteiger partial charge in [-0.1, -0.05) is 0 Å². The molecule has 0 radical (unpaired) electrons. The minimum atomic E-state index is -0.0904. The van der Waals surface area contributed by atoms with Crippen molar-refractivity contribution in [2.45, 2.75) is 32.9 Å². The first-order chi connectivity index (χ1) is 8.46. The van der Waals surface area contributed by atoms with Gasteiger partial charge in [-0.2, -0.15) is 5.10 Å². The number of fused-ring (bicyclic) bond motifs is 1. The molecule has 0 bridgehead atoms. The van der Waals surface area contributed by atoms with E-state index < -0.39 is 0 Å². The molecule has 0 amide bonds. The lowest BCUT2D eigenvalue weighted by atomic mass is 10.1. The number of nitrogens with one attached hydrogen (secondary N) is 1. The Kier molecular flexibility index (Phi) is 3.18. The van der Waals surface area contributed by atoms with Crippen molar-refractivity contribution < 1.29 is 0 Å². The second-order valence-electron chi connectivity index (χ2n) is 5.11. The zero-order valence-corrected chi connectivity index (χ0v) is 10.9. The van der Waals surface area contributed by atoms with E-state index in [1.54, 1.807) is 16.9 Å². The van der Waals surface area contributed by atoms with Gasteiger partial charge in [-0.15, -0.1) is 0 Å². The summed E-state index contributed by atoms with van der Waals surface area (Å²) < 4.78 is 1.76. The monoisotopic (exact) mass is 246 g/mol. The number of rotatable bonds is 2. The molecule has 2 aromatic heterocycles. The number of nitrogens with zero attached hydrogens (tertiary/aromatic N) is 4. The first-order valence-electron chi connectivity index (χ1n) is 5.81. The van der Waals surface area contributed by atoms with Crippen molar-refractivity contribution in [3.63, 3.8) is 0 Å². The predicted molar refractivity (Wildman–Crippen MR) is 71.2 cm³/mol. The van der Waals surface area contributed by atoms with Crippen molar-refractivity contribution in [3.8, 4) is 0 Å². The number of guanidine groups is 1. The predicted octanol–water partition coefficient (Wildman–Crippen LogP) is 0.932. The molecule has 96 valence electrons. The van der Waals surface area contributed by atoms with E-state index >= 15 is 0 Å². The van der Waals surface area contributed by atoms with Crippen molar-refractivity contribution in [2.24, 2.45) is 10.7 Å². The third-order valence-corrected chi connectivity index (χ3v) is 2.28. The van der Waals surface area contributed by atoms with Crippen LogP contribution in [0, 0.1) is 0 Å². The topological polar surface area (TPSA) is 80.6 Å². The number of hydrogen-bond donors (Lipinski definition) is 2. The van der Waals surface area contributed by atoms with E-state index in [0.29, 0.717) is 12.5 Å². The van der Waals surface area contributed by atoms with E-state index in [2.05, 4.69) is 20.4 Å². The Morgan fingerprint density at radius 3 is 2.89 bits per heavy atom. The summed E-state index contributed by atoms with van der Waals surface area (Å²) in [5.74, 6) is 0.430. The molecule has 18 heavy (non-hydrogen) atoms. The SMILES string of the molecule is CC(C)(C)NC(N)=NCc1ccnc2ccnn12. The van der Waals surface area contributed by atoms with E-state index in [0.717, 1.165) is 11.3 Å². The Morgan fingerprint density at radius 1 is 1.39 bits per heavy atom. The van der Waals surface area contributed by atoms with Crippen molar-refractivity contribution in [1.29, 1.82) is 0 Å². The van der Waals surface area contributed by atoms with Crippen LogP contribution in [-0.4, -0.2) is 26.1 Å². The maximum absolute atomic E-state index is 5.82.